The summed E-state index contributed by atoms with van der Waals surface area (Å²) < 4.78 is 37.7. The summed E-state index contributed by atoms with van der Waals surface area (Å²) in [6, 6.07) is -0.0211. The standard InChI is InChI=1S/C14H22N2O4S2/c1-2-22(17,18)16-6-7-20-14-11(3-4-12(14)16)9-19-10-13-15-5-8-21-13/h5,8,11-12,14H,2-4,6-7,9-10H2,1H3/t11-,12+,14-/m1/s1. The van der Waals surface area contributed by atoms with E-state index in [1.165, 1.54) is 0 Å². The molecule has 1 saturated heterocycles. The van der Waals surface area contributed by atoms with Gasteiger partial charge in [0.1, 0.15) is 5.01 Å². The maximum absolute atomic E-state index is 12.2. The quantitative estimate of drug-likeness (QED) is 0.780. The van der Waals surface area contributed by atoms with E-state index in [-0.39, 0.29) is 23.8 Å². The first-order valence-electron chi connectivity index (χ1n) is 7.69. The molecule has 3 atom stereocenters. The van der Waals surface area contributed by atoms with Gasteiger partial charge < -0.3 is 9.47 Å². The summed E-state index contributed by atoms with van der Waals surface area (Å²) >= 11 is 1.58. The molecule has 2 heterocycles. The lowest BCUT2D eigenvalue weighted by molar-refractivity contribution is -0.0639. The lowest BCUT2D eigenvalue weighted by Gasteiger charge is -2.38. The van der Waals surface area contributed by atoms with E-state index in [9.17, 15) is 8.42 Å². The molecule has 0 aromatic carbocycles. The number of aromatic nitrogens is 1. The van der Waals surface area contributed by atoms with Crippen LogP contribution in [0, 0.1) is 5.92 Å². The summed E-state index contributed by atoms with van der Waals surface area (Å²) in [7, 11) is -3.15. The smallest absolute Gasteiger partial charge is 0.214 e. The minimum Gasteiger partial charge on any atom is -0.375 e. The molecule has 1 aromatic heterocycles. The molecule has 0 amide bonds. The van der Waals surface area contributed by atoms with Crippen LogP contribution in [0.1, 0.15) is 24.8 Å². The van der Waals surface area contributed by atoms with Gasteiger partial charge in [0, 0.05) is 24.0 Å². The number of hydrogen-bond acceptors (Lipinski definition) is 6. The Morgan fingerprint density at radius 2 is 2.36 bits per heavy atom. The number of ether oxygens (including phenoxy) is 2. The minimum atomic E-state index is -3.15. The second-order valence-corrected chi connectivity index (χ2v) is 8.88. The van der Waals surface area contributed by atoms with E-state index in [4.69, 9.17) is 9.47 Å². The van der Waals surface area contributed by atoms with Gasteiger partial charge in [-0.25, -0.2) is 13.4 Å². The Kier molecular flexibility index (Phi) is 5.13. The first-order chi connectivity index (χ1) is 10.6. The fourth-order valence-corrected chi connectivity index (χ4v) is 5.21. The normalized spacial score (nSPS) is 29.6. The molecule has 8 heteroatoms. The molecule has 1 aromatic rings. The van der Waals surface area contributed by atoms with Gasteiger partial charge in [0.05, 0.1) is 37.7 Å². The Morgan fingerprint density at radius 3 is 3.09 bits per heavy atom. The van der Waals surface area contributed by atoms with Crippen LogP contribution in [0.5, 0.6) is 0 Å². The molecule has 1 saturated carbocycles. The van der Waals surface area contributed by atoms with E-state index in [0.29, 0.717) is 26.4 Å². The summed E-state index contributed by atoms with van der Waals surface area (Å²) in [5.74, 6) is 0.418. The van der Waals surface area contributed by atoms with Crippen molar-refractivity contribution in [3.8, 4) is 0 Å². The number of morpholine rings is 1. The lowest BCUT2D eigenvalue weighted by Crippen LogP contribution is -2.53. The average molecular weight is 346 g/mol. The summed E-state index contributed by atoms with van der Waals surface area (Å²) in [5.41, 5.74) is 0. The highest BCUT2D eigenvalue weighted by Gasteiger charge is 2.46. The highest BCUT2D eigenvalue weighted by Crippen LogP contribution is 2.36. The molecular weight excluding hydrogens is 324 g/mol. The molecule has 0 unspecified atom stereocenters. The first kappa shape index (κ1) is 16.3. The van der Waals surface area contributed by atoms with Crippen molar-refractivity contribution in [1.82, 2.24) is 9.29 Å². The predicted octanol–water partition coefficient (Wildman–Crippen LogP) is 1.49. The van der Waals surface area contributed by atoms with Gasteiger partial charge in [-0.05, 0) is 19.8 Å². The number of nitrogens with zero attached hydrogens (tertiary/aromatic N) is 2. The molecule has 2 aliphatic rings. The number of fused-ring (bicyclic) bond motifs is 1. The lowest BCUT2D eigenvalue weighted by atomic mass is 10.1. The van der Waals surface area contributed by atoms with E-state index in [1.54, 1.807) is 28.8 Å². The van der Waals surface area contributed by atoms with Gasteiger partial charge in [0.15, 0.2) is 0 Å². The number of hydrogen-bond donors (Lipinski definition) is 0. The van der Waals surface area contributed by atoms with Crippen molar-refractivity contribution in [3.05, 3.63) is 16.6 Å². The van der Waals surface area contributed by atoms with E-state index in [2.05, 4.69) is 4.98 Å². The molecule has 0 N–H and O–H groups in total. The van der Waals surface area contributed by atoms with Gasteiger partial charge in [-0.1, -0.05) is 0 Å². The second-order valence-electron chi connectivity index (χ2n) is 5.69. The minimum absolute atomic E-state index is 0.0211. The Hall–Kier alpha value is -0.540. The van der Waals surface area contributed by atoms with Gasteiger partial charge in [-0.3, -0.25) is 0 Å². The zero-order chi connectivity index (χ0) is 15.6. The van der Waals surface area contributed by atoms with Crippen molar-refractivity contribution in [3.63, 3.8) is 0 Å². The van der Waals surface area contributed by atoms with Crippen LogP contribution < -0.4 is 0 Å². The molecule has 2 fully saturated rings. The molecule has 0 radical (unpaired) electrons. The summed E-state index contributed by atoms with van der Waals surface area (Å²) in [6.07, 6.45) is 3.54. The fraction of sp³-hybridized carbons (Fsp3) is 0.786. The third-order valence-electron chi connectivity index (χ3n) is 4.43. The highest BCUT2D eigenvalue weighted by atomic mass is 32.2. The highest BCUT2D eigenvalue weighted by molar-refractivity contribution is 7.89. The Morgan fingerprint density at radius 1 is 1.50 bits per heavy atom. The van der Waals surface area contributed by atoms with Gasteiger partial charge in [0.2, 0.25) is 10.0 Å². The Bertz CT molecular complexity index is 576. The molecule has 6 nitrogen and oxygen atoms in total. The van der Waals surface area contributed by atoms with Gasteiger partial charge >= 0.3 is 0 Å². The van der Waals surface area contributed by atoms with Crippen molar-refractivity contribution >= 4 is 21.4 Å². The predicted molar refractivity (Wildman–Crippen MR) is 84.2 cm³/mol. The topological polar surface area (TPSA) is 68.7 Å². The fourth-order valence-electron chi connectivity index (χ4n) is 3.34. The molecule has 0 bridgehead atoms. The molecule has 0 spiro atoms. The Balaban J connectivity index is 1.58. The van der Waals surface area contributed by atoms with E-state index < -0.39 is 10.0 Å². The van der Waals surface area contributed by atoms with E-state index >= 15 is 0 Å². The van der Waals surface area contributed by atoms with Crippen LogP contribution in [0.15, 0.2) is 11.6 Å². The zero-order valence-corrected chi connectivity index (χ0v) is 14.3. The SMILES string of the molecule is CCS(=O)(=O)N1CCO[C@@H]2[C@@H](COCc3nccs3)CC[C@@H]21. The van der Waals surface area contributed by atoms with Crippen molar-refractivity contribution in [2.24, 2.45) is 5.92 Å². The molecule has 22 heavy (non-hydrogen) atoms. The molecule has 1 aliphatic carbocycles. The summed E-state index contributed by atoms with van der Waals surface area (Å²) in [6.45, 7) is 3.76. The molecule has 3 rings (SSSR count). The summed E-state index contributed by atoms with van der Waals surface area (Å²) in [4.78, 5) is 4.19. The van der Waals surface area contributed by atoms with Crippen molar-refractivity contribution in [2.45, 2.75) is 38.5 Å². The first-order valence-corrected chi connectivity index (χ1v) is 10.2. The van der Waals surface area contributed by atoms with Crippen LogP contribution in [0.3, 0.4) is 0 Å². The van der Waals surface area contributed by atoms with Crippen LogP contribution in [-0.2, 0) is 26.1 Å². The third kappa shape index (κ3) is 3.35. The Labute approximate surface area is 135 Å². The molecular formula is C14H22N2O4S2. The van der Waals surface area contributed by atoms with Gasteiger partial charge in [0.25, 0.3) is 0 Å². The summed E-state index contributed by atoms with van der Waals surface area (Å²) in [5, 5.41) is 2.90. The van der Waals surface area contributed by atoms with E-state index in [1.807, 2.05) is 5.38 Å². The zero-order valence-electron chi connectivity index (χ0n) is 12.7. The number of thiazole rings is 1. The average Bonchev–Trinajstić information content (AvgIpc) is 3.17. The van der Waals surface area contributed by atoms with E-state index in [0.717, 1.165) is 17.8 Å². The number of sulfonamides is 1. The van der Waals surface area contributed by atoms with Crippen LogP contribution in [-0.4, -0.2) is 55.4 Å². The van der Waals surface area contributed by atoms with Gasteiger partial charge in [-0.2, -0.15) is 4.31 Å². The maximum Gasteiger partial charge on any atom is 0.214 e. The van der Waals surface area contributed by atoms with Crippen LogP contribution in [0.4, 0.5) is 0 Å². The van der Waals surface area contributed by atoms with Crippen LogP contribution >= 0.6 is 11.3 Å². The maximum atomic E-state index is 12.2. The largest absolute Gasteiger partial charge is 0.375 e. The van der Waals surface area contributed by atoms with Crippen molar-refractivity contribution in [2.75, 3.05) is 25.5 Å². The van der Waals surface area contributed by atoms with Crippen molar-refractivity contribution < 1.29 is 17.9 Å². The third-order valence-corrected chi connectivity index (χ3v) is 7.08. The van der Waals surface area contributed by atoms with Crippen molar-refractivity contribution in [1.29, 1.82) is 0 Å². The van der Waals surface area contributed by atoms with Crippen LogP contribution in [0.25, 0.3) is 0 Å². The second kappa shape index (κ2) is 6.92. The molecule has 124 valence electrons. The number of rotatable bonds is 6. The van der Waals surface area contributed by atoms with Gasteiger partial charge in [-0.15, -0.1) is 11.3 Å². The molecule has 1 aliphatic heterocycles. The monoisotopic (exact) mass is 346 g/mol. The van der Waals surface area contributed by atoms with Crippen LogP contribution in [0.2, 0.25) is 0 Å².